The minimum absolute atomic E-state index is 0.0447. The maximum absolute atomic E-state index is 11.3. The fourth-order valence-corrected chi connectivity index (χ4v) is 5.38. The Balaban J connectivity index is 1.57. The fraction of sp³-hybridized carbons (Fsp3) is 0.240. The van der Waals surface area contributed by atoms with Crippen LogP contribution >= 0.6 is 11.6 Å². The Hall–Kier alpha value is -3.00. The van der Waals surface area contributed by atoms with Crippen molar-refractivity contribution in [1.82, 2.24) is 0 Å². The van der Waals surface area contributed by atoms with Gasteiger partial charge in [-0.05, 0) is 42.1 Å². The Kier molecular flexibility index (Phi) is 7.70. The van der Waals surface area contributed by atoms with Gasteiger partial charge in [-0.3, -0.25) is 8.74 Å². The van der Waals surface area contributed by atoms with E-state index in [1.807, 2.05) is 45.9 Å². The molecule has 0 aliphatic carbocycles. The summed E-state index contributed by atoms with van der Waals surface area (Å²) >= 11 is 3.87. The van der Waals surface area contributed by atoms with Crippen LogP contribution < -0.4 is 14.2 Å². The second-order valence-electron chi connectivity index (χ2n) is 8.58. The first-order valence-electron chi connectivity index (χ1n) is 11.7. The number of benzene rings is 3. The molecule has 38 heavy (non-hydrogen) atoms. The van der Waals surface area contributed by atoms with Gasteiger partial charge in [-0.1, -0.05) is 35.9 Å². The minimum atomic E-state index is -4.38. The molecule has 0 amide bonds. The molecular formula is C25H23ClN2O8S2. The van der Waals surface area contributed by atoms with E-state index >= 15 is 0 Å². The lowest BCUT2D eigenvalue weighted by atomic mass is 10.1. The van der Waals surface area contributed by atoms with Gasteiger partial charge < -0.3 is 18.6 Å². The molecule has 5 rings (SSSR count). The van der Waals surface area contributed by atoms with Crippen LogP contribution in [0.4, 0.5) is 5.69 Å². The quantitative estimate of drug-likeness (QED) is 0.127. The Bertz CT molecular complexity index is 1670. The van der Waals surface area contributed by atoms with Crippen molar-refractivity contribution in [2.75, 3.05) is 23.8 Å². The van der Waals surface area contributed by atoms with E-state index in [9.17, 15) is 17.2 Å². The van der Waals surface area contributed by atoms with Gasteiger partial charge in [0.05, 0.1) is 27.8 Å². The largest absolute Gasteiger partial charge is 0.748 e. The van der Waals surface area contributed by atoms with Crippen LogP contribution in [0, 0.1) is 0 Å². The molecule has 0 spiro atoms. The molecule has 0 bridgehead atoms. The van der Waals surface area contributed by atoms with Crippen molar-refractivity contribution in [3.8, 4) is 5.75 Å². The number of aryl methyl sites for hydroxylation is 1. The summed E-state index contributed by atoms with van der Waals surface area (Å²) in [4.78, 5) is 1.85. The maximum Gasteiger partial charge on any atom is 0.379 e. The molecule has 1 aliphatic rings. The van der Waals surface area contributed by atoms with Crippen molar-refractivity contribution < 1.29 is 39.6 Å². The average Bonchev–Trinajstić information content (AvgIpc) is 3.38. The van der Waals surface area contributed by atoms with E-state index in [1.54, 1.807) is 24.3 Å². The van der Waals surface area contributed by atoms with Gasteiger partial charge in [-0.15, -0.1) is 0 Å². The van der Waals surface area contributed by atoms with Crippen LogP contribution in [0.5, 0.6) is 5.75 Å². The van der Waals surface area contributed by atoms with Gasteiger partial charge in [0.1, 0.15) is 6.08 Å². The number of anilines is 1. The van der Waals surface area contributed by atoms with Gasteiger partial charge in [0.2, 0.25) is 11.5 Å². The molecule has 1 aliphatic heterocycles. The van der Waals surface area contributed by atoms with E-state index < -0.39 is 27.2 Å². The number of hydrogen-bond acceptors (Lipinski definition) is 8. The Labute approximate surface area is 226 Å². The lowest BCUT2D eigenvalue weighted by Crippen LogP contribution is -2.37. The molecule has 0 saturated carbocycles. The van der Waals surface area contributed by atoms with Crippen molar-refractivity contribution in [3.05, 3.63) is 71.4 Å². The van der Waals surface area contributed by atoms with Gasteiger partial charge in [0, 0.05) is 23.7 Å². The van der Waals surface area contributed by atoms with Crippen LogP contribution in [0.3, 0.4) is 0 Å². The molecule has 1 aromatic heterocycles. The number of fused-ring (bicyclic) bond motifs is 4. The summed E-state index contributed by atoms with van der Waals surface area (Å²) in [6.07, 6.45) is 2.20. The lowest BCUT2D eigenvalue weighted by Gasteiger charge is -2.17. The molecule has 10 nitrogen and oxygen atoms in total. The van der Waals surface area contributed by atoms with E-state index in [2.05, 4.69) is 0 Å². The minimum Gasteiger partial charge on any atom is -0.748 e. The van der Waals surface area contributed by atoms with Crippen molar-refractivity contribution in [3.63, 3.8) is 0 Å². The van der Waals surface area contributed by atoms with Crippen LogP contribution in [-0.2, 0) is 32.2 Å². The first-order valence-corrected chi connectivity index (χ1v) is 14.7. The summed E-state index contributed by atoms with van der Waals surface area (Å²) in [5.41, 5.74) is 2.06. The van der Waals surface area contributed by atoms with Gasteiger partial charge in [-0.2, -0.15) is 8.78 Å². The zero-order valence-corrected chi connectivity index (χ0v) is 22.3. The highest BCUT2D eigenvalue weighted by molar-refractivity contribution is 7.85. The SMILES string of the molecule is O=S(O)OCCCN1C(=Cc2oc3ccc4ccccc4c3[n+]2CCCS(=O)(=O)[O-])Oc2ccc(Cl)cc21. The first kappa shape index (κ1) is 26.6. The Morgan fingerprint density at radius 2 is 1.97 bits per heavy atom. The van der Waals surface area contributed by atoms with Gasteiger partial charge in [-0.25, -0.2) is 8.42 Å². The summed E-state index contributed by atoms with van der Waals surface area (Å²) in [6, 6.07) is 16.7. The van der Waals surface area contributed by atoms with E-state index in [1.165, 1.54) is 0 Å². The van der Waals surface area contributed by atoms with Gasteiger partial charge >= 0.3 is 17.3 Å². The van der Waals surface area contributed by atoms with Crippen LogP contribution in [0.1, 0.15) is 18.7 Å². The monoisotopic (exact) mass is 578 g/mol. The summed E-state index contributed by atoms with van der Waals surface area (Å²) in [5, 5.41) is 2.40. The normalized spacial score (nSPS) is 15.3. The lowest BCUT2D eigenvalue weighted by molar-refractivity contribution is -0.677. The molecule has 13 heteroatoms. The highest BCUT2D eigenvalue weighted by Crippen LogP contribution is 2.41. The Morgan fingerprint density at radius 1 is 1.16 bits per heavy atom. The van der Waals surface area contributed by atoms with Gasteiger partial charge in [0.25, 0.3) is 5.52 Å². The predicted molar refractivity (Wildman–Crippen MR) is 142 cm³/mol. The molecule has 1 unspecified atom stereocenters. The van der Waals surface area contributed by atoms with Gasteiger partial charge in [0.15, 0.2) is 12.3 Å². The third-order valence-corrected chi connectivity index (χ3v) is 7.43. The van der Waals surface area contributed by atoms with Crippen molar-refractivity contribution in [2.45, 2.75) is 19.4 Å². The first-order chi connectivity index (χ1) is 18.2. The number of rotatable bonds is 10. The molecule has 2 heterocycles. The number of oxazole rings is 1. The molecule has 1 atom stereocenters. The van der Waals surface area contributed by atoms with Crippen LogP contribution in [0.25, 0.3) is 27.9 Å². The van der Waals surface area contributed by atoms with Crippen LogP contribution in [0.15, 0.2) is 64.9 Å². The van der Waals surface area contributed by atoms with Crippen LogP contribution in [-0.4, -0.2) is 40.6 Å². The topological polar surface area (TPSA) is 133 Å². The highest BCUT2D eigenvalue weighted by atomic mass is 35.5. The molecular weight excluding hydrogens is 556 g/mol. The second-order valence-corrected chi connectivity index (χ2v) is 11.2. The van der Waals surface area contributed by atoms with E-state index in [4.69, 9.17) is 29.5 Å². The zero-order valence-electron chi connectivity index (χ0n) is 19.9. The van der Waals surface area contributed by atoms with E-state index in [0.29, 0.717) is 46.8 Å². The second kappa shape index (κ2) is 11.0. The van der Waals surface area contributed by atoms with Crippen molar-refractivity contribution in [1.29, 1.82) is 0 Å². The van der Waals surface area contributed by atoms with Crippen LogP contribution in [0.2, 0.25) is 5.02 Å². The number of aromatic nitrogens is 1. The molecule has 3 aromatic carbocycles. The fourth-order valence-electron chi connectivity index (χ4n) is 4.47. The average molecular weight is 579 g/mol. The smallest absolute Gasteiger partial charge is 0.379 e. The summed E-state index contributed by atoms with van der Waals surface area (Å²) in [6.45, 7) is 0.646. The Morgan fingerprint density at radius 3 is 2.76 bits per heavy atom. The molecule has 0 saturated heterocycles. The van der Waals surface area contributed by atoms with E-state index in [-0.39, 0.29) is 19.6 Å². The third kappa shape index (κ3) is 5.85. The summed E-state index contributed by atoms with van der Waals surface area (Å²) < 4.78 is 72.5. The number of hydrogen-bond donors (Lipinski definition) is 1. The standard InChI is InChI=1S/C25H23ClN2O8S2/c26-18-8-10-21-20(15-18)27(11-3-13-34-37(29)30)23(35-21)16-24-28(12-4-14-38(31,32)33)25-19-6-2-1-5-17(19)7-9-22(25)36-24/h1-2,5-10,15-16H,3-4,11-14H2,(H-,29,30,31,32,33). The maximum atomic E-state index is 11.3. The van der Waals surface area contributed by atoms with E-state index in [0.717, 1.165) is 16.3 Å². The summed E-state index contributed by atoms with van der Waals surface area (Å²) in [7, 11) is -4.38. The van der Waals surface area contributed by atoms with Crippen molar-refractivity contribution in [2.24, 2.45) is 0 Å². The zero-order chi connectivity index (χ0) is 26.9. The molecule has 1 N–H and O–H groups in total. The highest BCUT2D eigenvalue weighted by Gasteiger charge is 2.30. The predicted octanol–water partition coefficient (Wildman–Crippen LogP) is 4.20. The number of ether oxygens (including phenoxy) is 1. The molecule has 4 aromatic rings. The van der Waals surface area contributed by atoms with Crippen molar-refractivity contribution >= 4 is 66.7 Å². The molecule has 200 valence electrons. The number of nitrogens with zero attached hydrogens (tertiary/aromatic N) is 2. The summed E-state index contributed by atoms with van der Waals surface area (Å²) in [5.74, 6) is 0.872. The molecule has 0 fully saturated rings. The molecule has 0 radical (unpaired) electrons. The third-order valence-electron chi connectivity index (χ3n) is 6.04. The number of halogens is 1.